The van der Waals surface area contributed by atoms with Gasteiger partial charge in [0.05, 0.1) is 11.6 Å². The third kappa shape index (κ3) is 2.06. The monoisotopic (exact) mass is 277 g/mol. The van der Waals surface area contributed by atoms with Gasteiger partial charge in [-0.3, -0.25) is 4.79 Å². The summed E-state index contributed by atoms with van der Waals surface area (Å²) in [6, 6.07) is 0. The highest BCUT2D eigenvalue weighted by Crippen LogP contribution is 2.48. The molecule has 0 spiro atoms. The van der Waals surface area contributed by atoms with Crippen LogP contribution in [0.3, 0.4) is 0 Å². The van der Waals surface area contributed by atoms with Crippen molar-refractivity contribution in [3.05, 3.63) is 23.2 Å². The van der Waals surface area contributed by atoms with Gasteiger partial charge in [0.2, 0.25) is 5.91 Å². The summed E-state index contributed by atoms with van der Waals surface area (Å²) < 4.78 is 0. The maximum Gasteiger partial charge on any atom is 0.230 e. The van der Waals surface area contributed by atoms with Gasteiger partial charge in [-0.2, -0.15) is 0 Å². The first kappa shape index (κ1) is 12.3. The van der Waals surface area contributed by atoms with E-state index in [2.05, 4.69) is 10.3 Å². The Kier molecular flexibility index (Phi) is 2.89. The molecule has 0 radical (unpaired) electrons. The van der Waals surface area contributed by atoms with Gasteiger partial charge in [-0.15, -0.1) is 11.3 Å². The van der Waals surface area contributed by atoms with E-state index in [1.165, 1.54) is 11.3 Å². The van der Waals surface area contributed by atoms with Crippen molar-refractivity contribution in [3.8, 4) is 0 Å². The van der Waals surface area contributed by atoms with Crippen molar-refractivity contribution in [2.75, 3.05) is 5.32 Å². The lowest BCUT2D eigenvalue weighted by Gasteiger charge is -2.27. The number of aromatic nitrogens is 1. The van der Waals surface area contributed by atoms with Crippen LogP contribution >= 0.6 is 11.3 Å². The molecule has 2 bridgehead atoms. The van der Waals surface area contributed by atoms with E-state index in [1.54, 1.807) is 0 Å². The Bertz CT molecular complexity index is 566. The summed E-state index contributed by atoms with van der Waals surface area (Å²) in [6.07, 6.45) is 4.57. The minimum Gasteiger partial charge on any atom is -0.550 e. The van der Waals surface area contributed by atoms with Crippen molar-refractivity contribution in [2.45, 2.75) is 13.3 Å². The highest BCUT2D eigenvalue weighted by molar-refractivity contribution is 7.13. The summed E-state index contributed by atoms with van der Waals surface area (Å²) in [6.45, 7) is 1.84. The molecule has 5 nitrogen and oxygen atoms in total. The minimum absolute atomic E-state index is 0.00830. The van der Waals surface area contributed by atoms with E-state index in [9.17, 15) is 14.7 Å². The maximum absolute atomic E-state index is 12.3. The second-order valence-electron chi connectivity index (χ2n) is 5.10. The first-order chi connectivity index (χ1) is 9.06. The third-order valence-corrected chi connectivity index (χ3v) is 4.76. The summed E-state index contributed by atoms with van der Waals surface area (Å²) >= 11 is 1.34. The lowest BCUT2D eigenvalue weighted by molar-refractivity contribution is -0.313. The summed E-state index contributed by atoms with van der Waals surface area (Å²) in [5.74, 6) is -2.70. The number of rotatable bonds is 3. The van der Waals surface area contributed by atoms with E-state index in [1.807, 2.05) is 24.5 Å². The SMILES string of the molecule is Cc1csc(NC(=O)[C@H]2[C@@H](C(=O)[O-])[C@H]3C=C[C@H]2C3)n1. The van der Waals surface area contributed by atoms with Crippen molar-refractivity contribution in [2.24, 2.45) is 23.7 Å². The van der Waals surface area contributed by atoms with E-state index in [-0.39, 0.29) is 17.7 Å². The summed E-state index contributed by atoms with van der Waals surface area (Å²) in [5, 5.41) is 16.3. The van der Waals surface area contributed by atoms with Gasteiger partial charge in [0.15, 0.2) is 5.13 Å². The first-order valence-electron chi connectivity index (χ1n) is 6.18. The average Bonchev–Trinajstić information content (AvgIpc) is 3.03. The lowest BCUT2D eigenvalue weighted by Crippen LogP contribution is -2.42. The van der Waals surface area contributed by atoms with Crippen LogP contribution in [-0.4, -0.2) is 16.9 Å². The molecule has 0 aliphatic heterocycles. The molecule has 1 fully saturated rings. The van der Waals surface area contributed by atoms with Gasteiger partial charge < -0.3 is 15.2 Å². The number of amides is 1. The van der Waals surface area contributed by atoms with Crippen molar-refractivity contribution >= 4 is 28.3 Å². The predicted molar refractivity (Wildman–Crippen MR) is 68.2 cm³/mol. The third-order valence-electron chi connectivity index (χ3n) is 3.88. The molecule has 1 saturated carbocycles. The molecule has 3 rings (SSSR count). The van der Waals surface area contributed by atoms with Crippen LogP contribution < -0.4 is 10.4 Å². The molecular weight excluding hydrogens is 264 g/mol. The number of carbonyl (C=O) groups is 2. The van der Waals surface area contributed by atoms with Crippen molar-refractivity contribution < 1.29 is 14.7 Å². The van der Waals surface area contributed by atoms with Gasteiger partial charge in [-0.1, -0.05) is 12.2 Å². The number of aryl methyl sites for hydroxylation is 1. The normalized spacial score (nSPS) is 31.6. The standard InChI is InChI=1S/C13H14N2O3S/c1-6-5-19-13(14-6)15-11(16)9-7-2-3-8(4-7)10(9)12(17)18/h2-3,5,7-10H,4H2,1H3,(H,17,18)(H,14,15,16)/p-1/t7-,8-,9+,10-/m0/s1. The largest absolute Gasteiger partial charge is 0.550 e. The molecule has 100 valence electrons. The maximum atomic E-state index is 12.3. The number of aliphatic carboxylic acids is 1. The Hall–Kier alpha value is -1.69. The second-order valence-corrected chi connectivity index (χ2v) is 5.96. The van der Waals surface area contributed by atoms with Gasteiger partial charge in [0.1, 0.15) is 0 Å². The van der Waals surface area contributed by atoms with Crippen LogP contribution in [0.25, 0.3) is 0 Å². The van der Waals surface area contributed by atoms with E-state index in [4.69, 9.17) is 0 Å². The zero-order valence-corrected chi connectivity index (χ0v) is 11.1. The quantitative estimate of drug-likeness (QED) is 0.819. The molecule has 6 heteroatoms. The first-order valence-corrected chi connectivity index (χ1v) is 7.06. The number of carboxylic acids is 1. The summed E-state index contributed by atoms with van der Waals surface area (Å²) in [5.41, 5.74) is 0.838. The number of carbonyl (C=O) groups excluding carboxylic acids is 2. The molecule has 4 atom stereocenters. The van der Waals surface area contributed by atoms with Gasteiger partial charge in [-0.25, -0.2) is 4.98 Å². The number of anilines is 1. The molecule has 1 N–H and O–H groups in total. The van der Waals surface area contributed by atoms with Crippen molar-refractivity contribution in [1.29, 1.82) is 0 Å². The summed E-state index contributed by atoms with van der Waals surface area (Å²) in [7, 11) is 0. The zero-order chi connectivity index (χ0) is 13.6. The molecule has 0 aromatic carbocycles. The number of carboxylic acid groups (broad SMARTS) is 1. The molecule has 2 aliphatic carbocycles. The van der Waals surface area contributed by atoms with E-state index >= 15 is 0 Å². The number of nitrogens with zero attached hydrogens (tertiary/aromatic N) is 1. The fraction of sp³-hybridized carbons (Fsp3) is 0.462. The van der Waals surface area contributed by atoms with Crippen LogP contribution in [0.4, 0.5) is 5.13 Å². The number of allylic oxidation sites excluding steroid dienone is 2. The zero-order valence-electron chi connectivity index (χ0n) is 10.3. The number of fused-ring (bicyclic) bond motifs is 2. The Morgan fingerprint density at radius 3 is 2.63 bits per heavy atom. The Balaban J connectivity index is 1.79. The highest BCUT2D eigenvalue weighted by Gasteiger charge is 2.48. The molecule has 0 unspecified atom stereocenters. The molecule has 1 amide bonds. The van der Waals surface area contributed by atoms with Gasteiger partial charge in [0, 0.05) is 17.3 Å². The Labute approximate surface area is 114 Å². The molecule has 1 aromatic heterocycles. The van der Waals surface area contributed by atoms with Crippen LogP contribution in [0, 0.1) is 30.6 Å². The molecule has 2 aliphatic rings. The Morgan fingerprint density at radius 2 is 2.05 bits per heavy atom. The fourth-order valence-corrected chi connectivity index (χ4v) is 3.79. The second kappa shape index (κ2) is 4.45. The molecule has 0 saturated heterocycles. The molecule has 1 aromatic rings. The number of thiazole rings is 1. The fourth-order valence-electron chi connectivity index (χ4n) is 3.10. The van der Waals surface area contributed by atoms with Crippen LogP contribution in [0.5, 0.6) is 0 Å². The minimum atomic E-state index is -1.13. The van der Waals surface area contributed by atoms with Gasteiger partial charge >= 0.3 is 0 Å². The van der Waals surface area contributed by atoms with E-state index in [0.717, 1.165) is 12.1 Å². The number of nitrogens with one attached hydrogen (secondary N) is 1. The van der Waals surface area contributed by atoms with Gasteiger partial charge in [0.25, 0.3) is 0 Å². The molecule has 19 heavy (non-hydrogen) atoms. The topological polar surface area (TPSA) is 82.1 Å². The highest BCUT2D eigenvalue weighted by atomic mass is 32.1. The van der Waals surface area contributed by atoms with Crippen molar-refractivity contribution in [3.63, 3.8) is 0 Å². The van der Waals surface area contributed by atoms with E-state index < -0.39 is 17.8 Å². The van der Waals surface area contributed by atoms with Crippen molar-refractivity contribution in [1.82, 2.24) is 4.98 Å². The predicted octanol–water partition coefficient (Wildman–Crippen LogP) is 0.578. The van der Waals surface area contributed by atoms with Crippen LogP contribution in [0.1, 0.15) is 12.1 Å². The average molecular weight is 277 g/mol. The Morgan fingerprint density at radius 1 is 1.37 bits per heavy atom. The summed E-state index contributed by atoms with van der Waals surface area (Å²) in [4.78, 5) is 27.6. The molecule has 1 heterocycles. The smallest absolute Gasteiger partial charge is 0.230 e. The van der Waals surface area contributed by atoms with Gasteiger partial charge in [-0.05, 0) is 25.2 Å². The van der Waals surface area contributed by atoms with Crippen LogP contribution in [-0.2, 0) is 9.59 Å². The van der Waals surface area contributed by atoms with Crippen LogP contribution in [0.15, 0.2) is 17.5 Å². The lowest BCUT2D eigenvalue weighted by atomic mass is 9.82. The van der Waals surface area contributed by atoms with Crippen LogP contribution in [0.2, 0.25) is 0 Å². The molecular formula is C13H13N2O3S-. The van der Waals surface area contributed by atoms with E-state index in [0.29, 0.717) is 5.13 Å². The number of hydrogen-bond acceptors (Lipinski definition) is 5. The number of hydrogen-bond donors (Lipinski definition) is 1.